The van der Waals surface area contributed by atoms with Crippen LogP contribution in [0.3, 0.4) is 0 Å². The van der Waals surface area contributed by atoms with Crippen molar-refractivity contribution < 1.29 is 5.11 Å². The fourth-order valence-corrected chi connectivity index (χ4v) is 2.87. The van der Waals surface area contributed by atoms with Crippen molar-refractivity contribution in [1.29, 1.82) is 0 Å². The average molecular weight is 317 g/mol. The topological polar surface area (TPSA) is 37.2 Å². The quantitative estimate of drug-likeness (QED) is 0.764. The number of allylic oxidation sites excluding steroid dienone is 3. The predicted octanol–water partition coefficient (Wildman–Crippen LogP) is 3.71. The fraction of sp³-hybridized carbons (Fsp3) is 0.222. The van der Waals surface area contributed by atoms with Gasteiger partial charge >= 0.3 is 0 Å². The Hall–Kier alpha value is -1.81. The van der Waals surface area contributed by atoms with Crippen molar-refractivity contribution in [2.75, 3.05) is 13.6 Å². The van der Waals surface area contributed by atoms with Crippen LogP contribution in [0.15, 0.2) is 67.4 Å². The number of nitrogens with zero attached hydrogens (tertiary/aromatic N) is 1. The average Bonchev–Trinajstić information content (AvgIpc) is 2.89. The summed E-state index contributed by atoms with van der Waals surface area (Å²) in [5.74, 6) is 0. The summed E-state index contributed by atoms with van der Waals surface area (Å²) in [6.07, 6.45) is 6.70. The molecule has 3 nitrogen and oxygen atoms in total. The van der Waals surface area contributed by atoms with Gasteiger partial charge in [0, 0.05) is 28.7 Å². The van der Waals surface area contributed by atoms with E-state index in [2.05, 4.69) is 18.5 Å². The van der Waals surface area contributed by atoms with Crippen LogP contribution >= 0.6 is 11.6 Å². The van der Waals surface area contributed by atoms with E-state index < -0.39 is 6.10 Å². The Morgan fingerprint density at radius 1 is 1.41 bits per heavy atom. The van der Waals surface area contributed by atoms with Gasteiger partial charge in [-0.15, -0.1) is 0 Å². The molecule has 2 atom stereocenters. The molecule has 0 aliphatic rings. The van der Waals surface area contributed by atoms with Gasteiger partial charge in [-0.05, 0) is 36.9 Å². The first kappa shape index (κ1) is 16.6. The van der Waals surface area contributed by atoms with Crippen molar-refractivity contribution in [2.45, 2.75) is 12.1 Å². The van der Waals surface area contributed by atoms with Gasteiger partial charge in [0.1, 0.15) is 0 Å². The summed E-state index contributed by atoms with van der Waals surface area (Å²) < 4.78 is 2.05. The SMILES string of the molecule is C=C/C=C(\C=C)[C@@H]([C@H](O)CNC)n1ccc2cc(Cl)ccc21. The molecule has 1 aromatic heterocycles. The van der Waals surface area contributed by atoms with E-state index in [9.17, 15) is 5.11 Å². The van der Waals surface area contributed by atoms with Gasteiger partial charge in [-0.1, -0.05) is 43.0 Å². The number of hydrogen-bond donors (Lipinski definition) is 2. The Labute approximate surface area is 136 Å². The molecule has 0 unspecified atom stereocenters. The van der Waals surface area contributed by atoms with Crippen molar-refractivity contribution >= 4 is 22.5 Å². The lowest BCUT2D eigenvalue weighted by Gasteiger charge is -2.26. The molecule has 0 fully saturated rings. The highest BCUT2D eigenvalue weighted by molar-refractivity contribution is 6.31. The lowest BCUT2D eigenvalue weighted by atomic mass is 10.00. The van der Waals surface area contributed by atoms with Crippen LogP contribution in [0.1, 0.15) is 6.04 Å². The van der Waals surface area contributed by atoms with Crippen LogP contribution in [0.5, 0.6) is 0 Å². The first-order valence-electron chi connectivity index (χ1n) is 7.16. The van der Waals surface area contributed by atoms with Gasteiger partial charge in [-0.3, -0.25) is 0 Å². The highest BCUT2D eigenvalue weighted by atomic mass is 35.5. The van der Waals surface area contributed by atoms with Gasteiger partial charge in [-0.25, -0.2) is 0 Å². The molecule has 0 aliphatic heterocycles. The van der Waals surface area contributed by atoms with E-state index >= 15 is 0 Å². The fourth-order valence-electron chi connectivity index (χ4n) is 2.69. The summed E-state index contributed by atoms with van der Waals surface area (Å²) in [5.41, 5.74) is 1.92. The minimum Gasteiger partial charge on any atom is -0.389 e. The molecule has 1 aromatic carbocycles. The number of aromatic nitrogens is 1. The first-order chi connectivity index (χ1) is 10.6. The van der Waals surface area contributed by atoms with Crippen LogP contribution in [-0.4, -0.2) is 29.4 Å². The lowest BCUT2D eigenvalue weighted by molar-refractivity contribution is 0.132. The van der Waals surface area contributed by atoms with E-state index in [4.69, 9.17) is 11.6 Å². The van der Waals surface area contributed by atoms with Crippen LogP contribution in [0.2, 0.25) is 5.02 Å². The molecule has 2 N–H and O–H groups in total. The number of benzene rings is 1. The maximum Gasteiger partial charge on any atom is 0.0912 e. The van der Waals surface area contributed by atoms with Crippen molar-refractivity contribution in [3.63, 3.8) is 0 Å². The van der Waals surface area contributed by atoms with Crippen molar-refractivity contribution in [3.8, 4) is 0 Å². The summed E-state index contributed by atoms with van der Waals surface area (Å²) in [6, 6.07) is 7.48. The van der Waals surface area contributed by atoms with E-state index in [0.717, 1.165) is 16.5 Å². The summed E-state index contributed by atoms with van der Waals surface area (Å²) in [7, 11) is 1.82. The van der Waals surface area contributed by atoms with E-state index in [-0.39, 0.29) is 6.04 Å². The zero-order valence-electron chi connectivity index (χ0n) is 12.7. The molecule has 0 aliphatic carbocycles. The number of fused-ring (bicyclic) bond motifs is 1. The number of nitrogens with one attached hydrogen (secondary N) is 1. The van der Waals surface area contributed by atoms with E-state index in [1.807, 2.05) is 48.2 Å². The van der Waals surface area contributed by atoms with Gasteiger partial charge in [0.15, 0.2) is 0 Å². The second-order valence-electron chi connectivity index (χ2n) is 5.10. The standard InChI is InChI=1S/C18H21ClN2O/c1-4-6-13(5-2)18(17(22)12-20-3)21-10-9-14-11-15(19)7-8-16(14)21/h4-11,17-18,20,22H,1-2,12H2,3H3/b13-6+/t17-,18+/m1/s1. The number of likely N-dealkylation sites (N-methyl/N-ethyl adjacent to an activating group) is 1. The molecular formula is C18H21ClN2O. The minimum atomic E-state index is -0.597. The number of halogens is 1. The lowest BCUT2D eigenvalue weighted by Crippen LogP contribution is -2.33. The number of rotatable bonds is 7. The number of aliphatic hydroxyl groups excluding tert-OH is 1. The normalized spacial score (nSPS) is 14.8. The predicted molar refractivity (Wildman–Crippen MR) is 94.4 cm³/mol. The third-order valence-corrected chi connectivity index (χ3v) is 3.88. The molecule has 1 heterocycles. The van der Waals surface area contributed by atoms with Crippen LogP contribution < -0.4 is 5.32 Å². The Balaban J connectivity index is 2.58. The second kappa shape index (κ2) is 7.45. The summed E-state index contributed by atoms with van der Waals surface area (Å²) in [4.78, 5) is 0. The van der Waals surface area contributed by atoms with Crippen LogP contribution in [0.4, 0.5) is 0 Å². The molecule has 0 saturated carbocycles. The van der Waals surface area contributed by atoms with Crippen molar-refractivity contribution in [1.82, 2.24) is 9.88 Å². The third kappa shape index (κ3) is 3.33. The number of hydrogen-bond acceptors (Lipinski definition) is 2. The van der Waals surface area contributed by atoms with Crippen molar-refractivity contribution in [2.24, 2.45) is 0 Å². The molecule has 2 aromatic rings. The van der Waals surface area contributed by atoms with E-state index in [1.54, 1.807) is 12.2 Å². The van der Waals surface area contributed by atoms with Gasteiger partial charge in [0.05, 0.1) is 12.1 Å². The molecular weight excluding hydrogens is 296 g/mol. The molecule has 0 amide bonds. The smallest absolute Gasteiger partial charge is 0.0912 e. The summed E-state index contributed by atoms with van der Waals surface area (Å²) >= 11 is 6.05. The molecule has 2 rings (SSSR count). The number of aliphatic hydroxyl groups is 1. The van der Waals surface area contributed by atoms with Crippen LogP contribution in [0.25, 0.3) is 10.9 Å². The highest BCUT2D eigenvalue weighted by Gasteiger charge is 2.24. The van der Waals surface area contributed by atoms with Gasteiger partial charge in [0.25, 0.3) is 0 Å². The molecule has 0 bridgehead atoms. The second-order valence-corrected chi connectivity index (χ2v) is 5.54. The molecule has 0 radical (unpaired) electrons. The van der Waals surface area contributed by atoms with Gasteiger partial charge < -0.3 is 15.0 Å². The minimum absolute atomic E-state index is 0.248. The molecule has 116 valence electrons. The van der Waals surface area contributed by atoms with Crippen LogP contribution in [-0.2, 0) is 0 Å². The molecule has 4 heteroatoms. The third-order valence-electron chi connectivity index (χ3n) is 3.65. The maximum atomic E-state index is 10.6. The highest BCUT2D eigenvalue weighted by Crippen LogP contribution is 2.29. The Bertz CT molecular complexity index is 702. The first-order valence-corrected chi connectivity index (χ1v) is 7.54. The zero-order chi connectivity index (χ0) is 16.1. The van der Waals surface area contributed by atoms with Crippen LogP contribution in [0, 0.1) is 0 Å². The van der Waals surface area contributed by atoms with Gasteiger partial charge in [-0.2, -0.15) is 0 Å². The summed E-state index contributed by atoms with van der Waals surface area (Å²) in [6.45, 7) is 8.08. The monoisotopic (exact) mass is 316 g/mol. The van der Waals surface area contributed by atoms with Crippen molar-refractivity contribution in [3.05, 3.63) is 72.4 Å². The molecule has 0 spiro atoms. The Morgan fingerprint density at radius 2 is 2.18 bits per heavy atom. The Morgan fingerprint density at radius 3 is 2.82 bits per heavy atom. The zero-order valence-corrected chi connectivity index (χ0v) is 13.4. The summed E-state index contributed by atoms with van der Waals surface area (Å²) in [5, 5.41) is 15.3. The maximum absolute atomic E-state index is 10.6. The van der Waals surface area contributed by atoms with E-state index in [1.165, 1.54) is 0 Å². The largest absolute Gasteiger partial charge is 0.389 e. The van der Waals surface area contributed by atoms with Gasteiger partial charge in [0.2, 0.25) is 0 Å². The Kier molecular flexibility index (Phi) is 5.61. The van der Waals surface area contributed by atoms with E-state index in [0.29, 0.717) is 11.6 Å². The molecule has 22 heavy (non-hydrogen) atoms. The molecule has 0 saturated heterocycles.